The molecule has 0 fully saturated rings. The number of benzene rings is 3. The lowest BCUT2D eigenvalue weighted by molar-refractivity contribution is -0.121. The molecular formula is C29H32N2O7. The molecule has 0 aliphatic carbocycles. The average Bonchev–Trinajstić information content (AvgIpc) is 2.95. The molecule has 0 aromatic heterocycles. The van der Waals surface area contributed by atoms with Gasteiger partial charge in [-0.2, -0.15) is 0 Å². The summed E-state index contributed by atoms with van der Waals surface area (Å²) in [4.78, 5) is 27.0. The van der Waals surface area contributed by atoms with Crippen molar-refractivity contribution in [3.8, 4) is 28.7 Å². The first kappa shape index (κ1) is 26.7. The fourth-order valence-electron chi connectivity index (χ4n) is 4.13. The summed E-state index contributed by atoms with van der Waals surface area (Å²) in [5.74, 6) is 3.09. The monoisotopic (exact) mass is 520 g/mol. The van der Waals surface area contributed by atoms with Gasteiger partial charge in [-0.3, -0.25) is 9.59 Å². The molecule has 0 atom stereocenters. The summed E-state index contributed by atoms with van der Waals surface area (Å²) in [6.45, 7) is 0.879. The van der Waals surface area contributed by atoms with Crippen molar-refractivity contribution in [2.24, 2.45) is 0 Å². The van der Waals surface area contributed by atoms with Crippen LogP contribution < -0.4 is 33.9 Å². The molecule has 1 aliphatic rings. The minimum Gasteiger partial charge on any atom is -0.497 e. The Morgan fingerprint density at radius 3 is 2.42 bits per heavy atom. The Bertz CT molecular complexity index is 1260. The van der Waals surface area contributed by atoms with Gasteiger partial charge in [0.15, 0.2) is 18.1 Å². The predicted octanol–water partition coefficient (Wildman–Crippen LogP) is 4.48. The number of hydrogen-bond acceptors (Lipinski definition) is 7. The van der Waals surface area contributed by atoms with Crippen molar-refractivity contribution in [2.75, 3.05) is 51.3 Å². The third-order valence-electron chi connectivity index (χ3n) is 6.13. The van der Waals surface area contributed by atoms with Crippen molar-refractivity contribution < 1.29 is 33.3 Å². The molecular weight excluding hydrogens is 488 g/mol. The first-order valence-electron chi connectivity index (χ1n) is 12.4. The van der Waals surface area contributed by atoms with Gasteiger partial charge < -0.3 is 33.9 Å². The Morgan fingerprint density at radius 2 is 1.68 bits per heavy atom. The highest BCUT2D eigenvalue weighted by Gasteiger charge is 2.25. The fraction of sp³-hybridized carbons (Fsp3) is 0.310. The SMILES string of the molecule is COc1ccc(OCCCN2C(=O)COc3ccc(NC(=O)CCc4ccc(OC)c(OC)c4)cc32)cc1. The van der Waals surface area contributed by atoms with Crippen molar-refractivity contribution >= 4 is 23.2 Å². The summed E-state index contributed by atoms with van der Waals surface area (Å²) < 4.78 is 27.1. The fourth-order valence-corrected chi connectivity index (χ4v) is 4.13. The van der Waals surface area contributed by atoms with Crippen LogP contribution in [-0.4, -0.2) is 52.9 Å². The van der Waals surface area contributed by atoms with Crippen LogP contribution in [0.25, 0.3) is 0 Å². The molecule has 9 heteroatoms. The zero-order valence-electron chi connectivity index (χ0n) is 21.8. The average molecular weight is 521 g/mol. The van der Waals surface area contributed by atoms with Crippen LogP contribution in [0.2, 0.25) is 0 Å². The van der Waals surface area contributed by atoms with Gasteiger partial charge in [-0.1, -0.05) is 6.07 Å². The van der Waals surface area contributed by atoms with Crippen LogP contribution in [0.5, 0.6) is 28.7 Å². The minimum absolute atomic E-state index is 0.0244. The highest BCUT2D eigenvalue weighted by molar-refractivity contribution is 5.99. The number of fused-ring (bicyclic) bond motifs is 1. The number of carbonyl (C=O) groups excluding carboxylic acids is 2. The van der Waals surface area contributed by atoms with Gasteiger partial charge in [0.2, 0.25) is 5.91 Å². The summed E-state index contributed by atoms with van der Waals surface area (Å²) in [6.07, 6.45) is 1.45. The van der Waals surface area contributed by atoms with E-state index in [0.29, 0.717) is 54.6 Å². The number of methoxy groups -OCH3 is 3. The van der Waals surface area contributed by atoms with Crippen molar-refractivity contribution in [1.82, 2.24) is 0 Å². The van der Waals surface area contributed by atoms with Crippen molar-refractivity contribution in [1.29, 1.82) is 0 Å². The molecule has 1 aliphatic heterocycles. The third kappa shape index (κ3) is 6.67. The number of nitrogens with zero attached hydrogens (tertiary/aromatic N) is 1. The van der Waals surface area contributed by atoms with Gasteiger partial charge in [0, 0.05) is 18.7 Å². The van der Waals surface area contributed by atoms with Gasteiger partial charge in [0.05, 0.1) is 33.6 Å². The van der Waals surface area contributed by atoms with Crippen LogP contribution in [0, 0.1) is 0 Å². The largest absolute Gasteiger partial charge is 0.497 e. The van der Waals surface area contributed by atoms with E-state index in [2.05, 4.69) is 5.32 Å². The van der Waals surface area contributed by atoms with Crippen LogP contribution >= 0.6 is 0 Å². The molecule has 3 aromatic rings. The smallest absolute Gasteiger partial charge is 0.265 e. The Balaban J connectivity index is 1.33. The molecule has 0 bridgehead atoms. The molecule has 200 valence electrons. The van der Waals surface area contributed by atoms with Crippen molar-refractivity contribution in [2.45, 2.75) is 19.3 Å². The van der Waals surface area contributed by atoms with Gasteiger partial charge in [0.1, 0.15) is 17.2 Å². The molecule has 1 heterocycles. The maximum atomic E-state index is 12.7. The zero-order chi connectivity index (χ0) is 26.9. The maximum absolute atomic E-state index is 12.7. The molecule has 3 aromatic carbocycles. The van der Waals surface area contributed by atoms with Crippen LogP contribution in [0.15, 0.2) is 60.7 Å². The second-order valence-electron chi connectivity index (χ2n) is 8.63. The van der Waals surface area contributed by atoms with Crippen molar-refractivity contribution in [3.05, 3.63) is 66.2 Å². The van der Waals surface area contributed by atoms with Crippen molar-refractivity contribution in [3.63, 3.8) is 0 Å². The summed E-state index contributed by atoms with van der Waals surface area (Å²) in [6, 6.07) is 18.3. The van der Waals surface area contributed by atoms with Crippen LogP contribution in [0.1, 0.15) is 18.4 Å². The normalized spacial score (nSPS) is 12.3. The minimum atomic E-state index is -0.140. The Morgan fingerprint density at radius 1 is 0.921 bits per heavy atom. The van der Waals surface area contributed by atoms with Gasteiger partial charge in [-0.15, -0.1) is 0 Å². The topological polar surface area (TPSA) is 95.6 Å². The van der Waals surface area contributed by atoms with Gasteiger partial charge in [-0.25, -0.2) is 0 Å². The maximum Gasteiger partial charge on any atom is 0.265 e. The van der Waals surface area contributed by atoms with E-state index >= 15 is 0 Å². The third-order valence-corrected chi connectivity index (χ3v) is 6.13. The van der Waals surface area contributed by atoms with E-state index in [-0.39, 0.29) is 24.8 Å². The molecule has 9 nitrogen and oxygen atoms in total. The lowest BCUT2D eigenvalue weighted by Gasteiger charge is -2.30. The van der Waals surface area contributed by atoms with E-state index < -0.39 is 0 Å². The number of nitrogens with one attached hydrogen (secondary N) is 1. The molecule has 0 unspecified atom stereocenters. The Kier molecular flexibility index (Phi) is 8.92. The van der Waals surface area contributed by atoms with E-state index in [1.165, 1.54) is 0 Å². The number of rotatable bonds is 12. The summed E-state index contributed by atoms with van der Waals surface area (Å²) >= 11 is 0. The number of amides is 2. The highest BCUT2D eigenvalue weighted by Crippen LogP contribution is 2.35. The van der Waals surface area contributed by atoms with E-state index in [0.717, 1.165) is 17.1 Å². The molecule has 0 saturated carbocycles. The molecule has 0 saturated heterocycles. The molecule has 0 spiro atoms. The lowest BCUT2D eigenvalue weighted by Crippen LogP contribution is -2.39. The Hall–Kier alpha value is -4.40. The zero-order valence-corrected chi connectivity index (χ0v) is 21.8. The van der Waals surface area contributed by atoms with E-state index in [1.807, 2.05) is 42.5 Å². The quantitative estimate of drug-likeness (QED) is 0.352. The molecule has 2 amide bonds. The summed E-state index contributed by atoms with van der Waals surface area (Å²) in [7, 11) is 4.78. The highest BCUT2D eigenvalue weighted by atomic mass is 16.5. The number of anilines is 2. The summed E-state index contributed by atoms with van der Waals surface area (Å²) in [5.41, 5.74) is 2.19. The summed E-state index contributed by atoms with van der Waals surface area (Å²) in [5, 5.41) is 2.92. The molecule has 38 heavy (non-hydrogen) atoms. The van der Waals surface area contributed by atoms with Gasteiger partial charge in [-0.05, 0) is 73.0 Å². The number of hydrogen-bond donors (Lipinski definition) is 1. The first-order valence-corrected chi connectivity index (χ1v) is 12.4. The standard InChI is InChI=1S/C29H32N2O7/c1-34-22-8-10-23(11-9-22)37-16-4-15-31-24-18-21(7-13-25(24)38-19-29(31)33)30-28(32)14-6-20-5-12-26(35-2)27(17-20)36-3/h5,7-13,17-18H,4,6,14-16,19H2,1-3H3,(H,30,32). The number of aryl methyl sites for hydroxylation is 1. The van der Waals surface area contributed by atoms with Gasteiger partial charge >= 0.3 is 0 Å². The molecule has 1 N–H and O–H groups in total. The van der Waals surface area contributed by atoms with Crippen LogP contribution in [0.4, 0.5) is 11.4 Å². The predicted molar refractivity (Wildman–Crippen MR) is 144 cm³/mol. The number of carbonyl (C=O) groups is 2. The lowest BCUT2D eigenvalue weighted by atomic mass is 10.1. The van der Waals surface area contributed by atoms with Crippen LogP contribution in [0.3, 0.4) is 0 Å². The van der Waals surface area contributed by atoms with Crippen LogP contribution in [-0.2, 0) is 16.0 Å². The van der Waals surface area contributed by atoms with E-state index in [4.69, 9.17) is 23.7 Å². The molecule has 4 rings (SSSR count). The first-order chi connectivity index (χ1) is 18.5. The van der Waals surface area contributed by atoms with E-state index in [9.17, 15) is 9.59 Å². The van der Waals surface area contributed by atoms with Gasteiger partial charge in [0.25, 0.3) is 5.91 Å². The second kappa shape index (κ2) is 12.7. The Labute approximate surface area is 222 Å². The van der Waals surface area contributed by atoms with E-state index in [1.54, 1.807) is 44.4 Å². The molecule has 0 radical (unpaired) electrons. The number of ether oxygens (including phenoxy) is 5. The second-order valence-corrected chi connectivity index (χ2v) is 8.63.